The van der Waals surface area contributed by atoms with Crippen LogP contribution >= 0.6 is 0 Å². The van der Waals surface area contributed by atoms with E-state index in [1.54, 1.807) is 6.07 Å². The second kappa shape index (κ2) is 9.57. The molecule has 0 unspecified atom stereocenters. The predicted molar refractivity (Wildman–Crippen MR) is 102 cm³/mol. The number of hydrogen-bond donors (Lipinski definition) is 2. The summed E-state index contributed by atoms with van der Waals surface area (Å²) in [5.41, 5.74) is 2.86. The van der Waals surface area contributed by atoms with Crippen molar-refractivity contribution in [3.63, 3.8) is 0 Å². The minimum Gasteiger partial charge on any atom is -0.490 e. The van der Waals surface area contributed by atoms with Gasteiger partial charge in [-0.25, -0.2) is 0 Å². The summed E-state index contributed by atoms with van der Waals surface area (Å²) in [6.45, 7) is 7.23. The summed E-state index contributed by atoms with van der Waals surface area (Å²) in [7, 11) is 0. The van der Waals surface area contributed by atoms with Crippen molar-refractivity contribution in [1.29, 1.82) is 0 Å². The van der Waals surface area contributed by atoms with Crippen molar-refractivity contribution in [2.45, 2.75) is 27.2 Å². The summed E-state index contributed by atoms with van der Waals surface area (Å²) in [5.74, 6) is 1.20. The van der Waals surface area contributed by atoms with Crippen LogP contribution in [0.3, 0.4) is 0 Å². The minimum absolute atomic E-state index is 0.113. The molecule has 0 spiro atoms. The van der Waals surface area contributed by atoms with Gasteiger partial charge in [0.15, 0.2) is 11.5 Å². The first-order chi connectivity index (χ1) is 12.2. The molecule has 0 saturated carbocycles. The molecule has 2 N–H and O–H groups in total. The first kappa shape index (κ1) is 18.6. The van der Waals surface area contributed by atoms with Crippen LogP contribution in [0.1, 0.15) is 26.3 Å². The fraction of sp³-hybridized carbons (Fsp3) is 0.350. The van der Waals surface area contributed by atoms with Crippen LogP contribution < -0.4 is 20.1 Å². The molecule has 0 fully saturated rings. The lowest BCUT2D eigenvalue weighted by Crippen LogP contribution is -2.22. The van der Waals surface area contributed by atoms with E-state index >= 15 is 0 Å². The van der Waals surface area contributed by atoms with Crippen LogP contribution in [0.5, 0.6) is 11.5 Å². The molecule has 0 aliphatic rings. The Labute approximate surface area is 149 Å². The summed E-state index contributed by atoms with van der Waals surface area (Å²) in [4.78, 5) is 12.2. The standard InChI is InChI=1S/C20H26N2O3/c1-4-15-9-7-8-10-17(15)21-14-20(23)22-16-11-12-18(24-5-2)19(13-16)25-6-3/h7-13,21H,4-6,14H2,1-3H3,(H,22,23). The van der Waals surface area contributed by atoms with E-state index < -0.39 is 0 Å². The van der Waals surface area contributed by atoms with Gasteiger partial charge in [-0.2, -0.15) is 0 Å². The van der Waals surface area contributed by atoms with Gasteiger partial charge in [0.25, 0.3) is 0 Å². The van der Waals surface area contributed by atoms with Gasteiger partial charge in [0, 0.05) is 17.4 Å². The number of nitrogens with one attached hydrogen (secondary N) is 2. The zero-order valence-corrected chi connectivity index (χ0v) is 15.1. The normalized spacial score (nSPS) is 10.2. The van der Waals surface area contributed by atoms with Gasteiger partial charge in [0.2, 0.25) is 5.91 Å². The van der Waals surface area contributed by atoms with Crippen LogP contribution in [0.25, 0.3) is 0 Å². The molecule has 0 saturated heterocycles. The minimum atomic E-state index is -0.113. The molecular weight excluding hydrogens is 316 g/mol. The summed E-state index contributed by atoms with van der Waals surface area (Å²) < 4.78 is 11.1. The van der Waals surface area contributed by atoms with Gasteiger partial charge in [-0.3, -0.25) is 4.79 Å². The number of amides is 1. The zero-order valence-electron chi connectivity index (χ0n) is 15.1. The highest BCUT2D eigenvalue weighted by atomic mass is 16.5. The molecule has 0 aliphatic carbocycles. The van der Waals surface area contributed by atoms with E-state index in [4.69, 9.17) is 9.47 Å². The first-order valence-electron chi connectivity index (χ1n) is 8.69. The molecule has 0 radical (unpaired) electrons. The molecule has 2 rings (SSSR count). The molecule has 0 aliphatic heterocycles. The Morgan fingerprint density at radius 1 is 0.960 bits per heavy atom. The Morgan fingerprint density at radius 2 is 1.68 bits per heavy atom. The number of ether oxygens (including phenoxy) is 2. The number of carbonyl (C=O) groups is 1. The second-order valence-electron chi connectivity index (χ2n) is 5.44. The van der Waals surface area contributed by atoms with Gasteiger partial charge in [-0.15, -0.1) is 0 Å². The van der Waals surface area contributed by atoms with Crippen molar-refractivity contribution < 1.29 is 14.3 Å². The van der Waals surface area contributed by atoms with Crippen molar-refractivity contribution in [3.05, 3.63) is 48.0 Å². The van der Waals surface area contributed by atoms with E-state index in [2.05, 4.69) is 23.6 Å². The van der Waals surface area contributed by atoms with Crippen molar-refractivity contribution in [2.24, 2.45) is 0 Å². The average molecular weight is 342 g/mol. The van der Waals surface area contributed by atoms with Crippen LogP contribution in [-0.2, 0) is 11.2 Å². The zero-order chi connectivity index (χ0) is 18.1. The molecule has 5 heteroatoms. The number of rotatable bonds is 9. The number of carbonyl (C=O) groups excluding carboxylic acids is 1. The lowest BCUT2D eigenvalue weighted by molar-refractivity contribution is -0.114. The third-order valence-electron chi connectivity index (χ3n) is 3.66. The highest BCUT2D eigenvalue weighted by Crippen LogP contribution is 2.30. The SMILES string of the molecule is CCOc1ccc(NC(=O)CNc2ccccc2CC)cc1OCC. The lowest BCUT2D eigenvalue weighted by Gasteiger charge is -2.14. The first-order valence-corrected chi connectivity index (χ1v) is 8.69. The van der Waals surface area contributed by atoms with Crippen molar-refractivity contribution in [3.8, 4) is 11.5 Å². The van der Waals surface area contributed by atoms with Gasteiger partial charge >= 0.3 is 0 Å². The molecule has 0 bridgehead atoms. The molecule has 134 valence electrons. The van der Waals surface area contributed by atoms with Crippen molar-refractivity contribution >= 4 is 17.3 Å². The van der Waals surface area contributed by atoms with Crippen LogP contribution in [0.2, 0.25) is 0 Å². The summed E-state index contributed by atoms with van der Waals surface area (Å²) in [6.07, 6.45) is 0.918. The van der Waals surface area contributed by atoms with Crippen LogP contribution in [-0.4, -0.2) is 25.7 Å². The summed E-state index contributed by atoms with van der Waals surface area (Å²) >= 11 is 0. The predicted octanol–water partition coefficient (Wildman–Crippen LogP) is 4.10. The van der Waals surface area contributed by atoms with Gasteiger partial charge in [-0.1, -0.05) is 25.1 Å². The largest absolute Gasteiger partial charge is 0.490 e. The van der Waals surface area contributed by atoms with E-state index in [1.807, 2.05) is 44.2 Å². The van der Waals surface area contributed by atoms with E-state index in [0.29, 0.717) is 30.4 Å². The molecule has 2 aromatic carbocycles. The molecular formula is C20H26N2O3. The Balaban J connectivity index is 1.99. The molecule has 0 aromatic heterocycles. The maximum atomic E-state index is 12.2. The third-order valence-corrected chi connectivity index (χ3v) is 3.66. The highest BCUT2D eigenvalue weighted by Gasteiger charge is 2.09. The Bertz CT molecular complexity index is 701. The van der Waals surface area contributed by atoms with Crippen LogP contribution in [0.15, 0.2) is 42.5 Å². The number of benzene rings is 2. The van der Waals surface area contributed by atoms with Crippen LogP contribution in [0, 0.1) is 0 Å². The van der Waals surface area contributed by atoms with Gasteiger partial charge in [0.05, 0.1) is 19.8 Å². The van der Waals surface area contributed by atoms with E-state index in [0.717, 1.165) is 12.1 Å². The number of para-hydroxylation sites is 1. The molecule has 5 nitrogen and oxygen atoms in total. The summed E-state index contributed by atoms with van der Waals surface area (Å²) in [5, 5.41) is 6.07. The van der Waals surface area contributed by atoms with Crippen molar-refractivity contribution in [1.82, 2.24) is 0 Å². The number of hydrogen-bond acceptors (Lipinski definition) is 4. The van der Waals surface area contributed by atoms with E-state index in [1.165, 1.54) is 5.56 Å². The fourth-order valence-electron chi connectivity index (χ4n) is 2.51. The third kappa shape index (κ3) is 5.41. The molecule has 0 heterocycles. The molecule has 1 amide bonds. The molecule has 0 atom stereocenters. The van der Waals surface area contributed by atoms with E-state index in [-0.39, 0.29) is 12.5 Å². The Hall–Kier alpha value is -2.69. The van der Waals surface area contributed by atoms with Crippen molar-refractivity contribution in [2.75, 3.05) is 30.4 Å². The fourth-order valence-corrected chi connectivity index (χ4v) is 2.51. The highest BCUT2D eigenvalue weighted by molar-refractivity contribution is 5.94. The summed E-state index contributed by atoms with van der Waals surface area (Å²) in [6, 6.07) is 13.4. The van der Waals surface area contributed by atoms with Crippen LogP contribution in [0.4, 0.5) is 11.4 Å². The topological polar surface area (TPSA) is 59.6 Å². The smallest absolute Gasteiger partial charge is 0.243 e. The monoisotopic (exact) mass is 342 g/mol. The lowest BCUT2D eigenvalue weighted by atomic mass is 10.1. The molecule has 25 heavy (non-hydrogen) atoms. The number of anilines is 2. The average Bonchev–Trinajstić information content (AvgIpc) is 2.62. The molecule has 2 aromatic rings. The maximum Gasteiger partial charge on any atom is 0.243 e. The maximum absolute atomic E-state index is 12.2. The van der Waals surface area contributed by atoms with Gasteiger partial charge in [-0.05, 0) is 44.0 Å². The quantitative estimate of drug-likeness (QED) is 0.720. The Morgan fingerprint density at radius 3 is 2.40 bits per heavy atom. The van der Waals surface area contributed by atoms with Gasteiger partial charge in [0.1, 0.15) is 0 Å². The van der Waals surface area contributed by atoms with Gasteiger partial charge < -0.3 is 20.1 Å². The van der Waals surface area contributed by atoms with E-state index in [9.17, 15) is 4.79 Å². The Kier molecular flexibility index (Phi) is 7.14. The number of aryl methyl sites for hydroxylation is 1. The second-order valence-corrected chi connectivity index (χ2v) is 5.44.